The molecule has 0 spiro atoms. The van der Waals surface area contributed by atoms with Crippen molar-refractivity contribution in [3.63, 3.8) is 0 Å². The van der Waals surface area contributed by atoms with E-state index in [9.17, 15) is 0 Å². The van der Waals surface area contributed by atoms with Crippen molar-refractivity contribution in [1.29, 1.82) is 0 Å². The molecule has 0 N–H and O–H groups in total. The molecule has 0 unspecified atom stereocenters. The minimum Gasteiger partial charge on any atom is -0.462 e. The normalized spacial score (nSPS) is 22.7. The van der Waals surface area contributed by atoms with Crippen LogP contribution >= 0.6 is 0 Å². The Morgan fingerprint density at radius 3 is 2.76 bits per heavy atom. The second-order valence-corrected chi connectivity index (χ2v) is 6.82. The Morgan fingerprint density at radius 1 is 1.00 bits per heavy atom. The summed E-state index contributed by atoms with van der Waals surface area (Å²) in [7, 11) is 0. The summed E-state index contributed by atoms with van der Waals surface area (Å²) in [4.78, 5) is 13.5. The number of hydrogen-bond acceptors (Lipinski definition) is 6. The van der Waals surface area contributed by atoms with Gasteiger partial charge < -0.3 is 14.1 Å². The molecular formula is C19H26N4O2. The summed E-state index contributed by atoms with van der Waals surface area (Å²) in [6, 6.07) is 6.06. The summed E-state index contributed by atoms with van der Waals surface area (Å²) in [5.41, 5.74) is 0. The molecule has 4 rings (SSSR count). The van der Waals surface area contributed by atoms with Crippen LogP contribution in [0.1, 0.15) is 43.3 Å². The van der Waals surface area contributed by atoms with Gasteiger partial charge in [0.2, 0.25) is 5.95 Å². The molecule has 2 fully saturated rings. The summed E-state index contributed by atoms with van der Waals surface area (Å²) in [6.45, 7) is 5.72. The Morgan fingerprint density at radius 2 is 1.92 bits per heavy atom. The number of furan rings is 1. The van der Waals surface area contributed by atoms with E-state index in [2.05, 4.69) is 31.9 Å². The standard InChI is InChI=1S/C19H26N4O2/c1-2-14-24-17(5-1)18-7-6-16(25-18)15-22-10-4-11-23(13-12-22)19-20-8-3-9-21-19/h3,6-9,17H,1-2,4-5,10-15H2/t17-/m1/s1. The molecule has 134 valence electrons. The first kappa shape index (κ1) is 16.5. The molecule has 1 atom stereocenters. The maximum atomic E-state index is 6.07. The van der Waals surface area contributed by atoms with Gasteiger partial charge in [0, 0.05) is 45.2 Å². The highest BCUT2D eigenvalue weighted by Crippen LogP contribution is 2.29. The highest BCUT2D eigenvalue weighted by Gasteiger charge is 2.21. The van der Waals surface area contributed by atoms with E-state index in [1.54, 1.807) is 0 Å². The molecule has 25 heavy (non-hydrogen) atoms. The van der Waals surface area contributed by atoms with Crippen LogP contribution in [-0.2, 0) is 11.3 Å². The molecule has 0 amide bonds. The molecule has 0 aromatic carbocycles. The fourth-order valence-electron chi connectivity index (χ4n) is 3.62. The minimum absolute atomic E-state index is 0.150. The molecule has 0 bridgehead atoms. The topological polar surface area (TPSA) is 54.6 Å². The van der Waals surface area contributed by atoms with Crippen molar-refractivity contribution in [2.45, 2.75) is 38.3 Å². The molecule has 6 nitrogen and oxygen atoms in total. The second-order valence-electron chi connectivity index (χ2n) is 6.82. The third kappa shape index (κ3) is 4.19. The van der Waals surface area contributed by atoms with Gasteiger partial charge in [0.25, 0.3) is 0 Å². The van der Waals surface area contributed by atoms with E-state index in [0.717, 1.165) is 69.6 Å². The lowest BCUT2D eigenvalue weighted by Crippen LogP contribution is -2.31. The average molecular weight is 342 g/mol. The Balaban J connectivity index is 1.33. The summed E-state index contributed by atoms with van der Waals surface area (Å²) in [6.07, 6.45) is 8.34. The van der Waals surface area contributed by atoms with Crippen LogP contribution in [0.3, 0.4) is 0 Å². The second kappa shape index (κ2) is 7.97. The van der Waals surface area contributed by atoms with E-state index >= 15 is 0 Å². The quantitative estimate of drug-likeness (QED) is 0.851. The fraction of sp³-hybridized carbons (Fsp3) is 0.579. The fourth-order valence-corrected chi connectivity index (χ4v) is 3.62. The van der Waals surface area contributed by atoms with Crippen molar-refractivity contribution in [3.05, 3.63) is 42.1 Å². The maximum absolute atomic E-state index is 6.07. The number of ether oxygens (including phenoxy) is 1. The van der Waals surface area contributed by atoms with E-state index in [1.165, 1.54) is 12.8 Å². The molecule has 2 aliphatic heterocycles. The molecule has 0 aliphatic carbocycles. The Kier molecular flexibility index (Phi) is 5.28. The van der Waals surface area contributed by atoms with Crippen LogP contribution in [0.2, 0.25) is 0 Å². The molecule has 0 radical (unpaired) electrons. The van der Waals surface area contributed by atoms with Crippen molar-refractivity contribution < 1.29 is 9.15 Å². The minimum atomic E-state index is 0.150. The number of rotatable bonds is 4. The molecule has 2 aliphatic rings. The van der Waals surface area contributed by atoms with Gasteiger partial charge in [0.15, 0.2) is 0 Å². The first-order valence-electron chi connectivity index (χ1n) is 9.33. The average Bonchev–Trinajstić information content (AvgIpc) is 3.01. The first-order chi connectivity index (χ1) is 12.4. The van der Waals surface area contributed by atoms with Gasteiger partial charge in [-0.1, -0.05) is 0 Å². The zero-order valence-electron chi connectivity index (χ0n) is 14.6. The van der Waals surface area contributed by atoms with E-state index < -0.39 is 0 Å². The predicted molar refractivity (Wildman–Crippen MR) is 95.4 cm³/mol. The zero-order chi connectivity index (χ0) is 16.9. The number of hydrogen-bond donors (Lipinski definition) is 0. The molecule has 0 saturated carbocycles. The lowest BCUT2D eigenvalue weighted by molar-refractivity contribution is 0.000872. The highest BCUT2D eigenvalue weighted by molar-refractivity contribution is 5.28. The van der Waals surface area contributed by atoms with Crippen LogP contribution in [0, 0.1) is 0 Å². The first-order valence-corrected chi connectivity index (χ1v) is 9.33. The molecule has 2 aromatic heterocycles. The van der Waals surface area contributed by atoms with Crippen molar-refractivity contribution in [2.24, 2.45) is 0 Å². The lowest BCUT2D eigenvalue weighted by Gasteiger charge is -2.21. The smallest absolute Gasteiger partial charge is 0.225 e. The van der Waals surface area contributed by atoms with Gasteiger partial charge in [0.1, 0.15) is 17.6 Å². The summed E-state index contributed by atoms with van der Waals surface area (Å²) >= 11 is 0. The van der Waals surface area contributed by atoms with Gasteiger partial charge in [-0.3, -0.25) is 4.90 Å². The third-order valence-electron chi connectivity index (χ3n) is 4.98. The van der Waals surface area contributed by atoms with Gasteiger partial charge in [-0.05, 0) is 43.9 Å². The van der Waals surface area contributed by atoms with Crippen LogP contribution in [0.4, 0.5) is 5.95 Å². The number of anilines is 1. The van der Waals surface area contributed by atoms with Crippen LogP contribution in [0.5, 0.6) is 0 Å². The van der Waals surface area contributed by atoms with Crippen molar-refractivity contribution >= 4 is 5.95 Å². The monoisotopic (exact) mass is 342 g/mol. The molecule has 6 heteroatoms. The van der Waals surface area contributed by atoms with E-state index in [1.807, 2.05) is 18.5 Å². The largest absolute Gasteiger partial charge is 0.462 e. The van der Waals surface area contributed by atoms with Gasteiger partial charge in [0.05, 0.1) is 6.54 Å². The highest BCUT2D eigenvalue weighted by atomic mass is 16.5. The Labute approximate surface area is 148 Å². The zero-order valence-corrected chi connectivity index (χ0v) is 14.6. The van der Waals surface area contributed by atoms with Gasteiger partial charge in [-0.15, -0.1) is 0 Å². The Bertz CT molecular complexity index is 654. The van der Waals surface area contributed by atoms with E-state index in [-0.39, 0.29) is 6.10 Å². The van der Waals surface area contributed by atoms with Gasteiger partial charge in [-0.25, -0.2) is 9.97 Å². The maximum Gasteiger partial charge on any atom is 0.225 e. The van der Waals surface area contributed by atoms with Crippen molar-refractivity contribution in [3.8, 4) is 0 Å². The Hall–Kier alpha value is -1.92. The van der Waals surface area contributed by atoms with E-state index in [0.29, 0.717) is 0 Å². The lowest BCUT2D eigenvalue weighted by atomic mass is 10.1. The summed E-state index contributed by atoms with van der Waals surface area (Å²) in [5.74, 6) is 2.86. The summed E-state index contributed by atoms with van der Waals surface area (Å²) < 4.78 is 11.9. The molecule has 4 heterocycles. The van der Waals surface area contributed by atoms with Gasteiger partial charge >= 0.3 is 0 Å². The van der Waals surface area contributed by atoms with Gasteiger partial charge in [-0.2, -0.15) is 0 Å². The van der Waals surface area contributed by atoms with Crippen LogP contribution < -0.4 is 4.90 Å². The third-order valence-corrected chi connectivity index (χ3v) is 4.98. The molecular weight excluding hydrogens is 316 g/mol. The number of nitrogens with zero attached hydrogens (tertiary/aromatic N) is 4. The van der Waals surface area contributed by atoms with E-state index in [4.69, 9.17) is 9.15 Å². The van der Waals surface area contributed by atoms with Crippen LogP contribution in [0.15, 0.2) is 35.0 Å². The van der Waals surface area contributed by atoms with Crippen LogP contribution in [0.25, 0.3) is 0 Å². The molecule has 2 saturated heterocycles. The van der Waals surface area contributed by atoms with Crippen molar-refractivity contribution in [2.75, 3.05) is 37.7 Å². The molecule has 2 aromatic rings. The summed E-state index contributed by atoms with van der Waals surface area (Å²) in [5, 5.41) is 0. The van der Waals surface area contributed by atoms with Crippen molar-refractivity contribution in [1.82, 2.24) is 14.9 Å². The predicted octanol–water partition coefficient (Wildman–Crippen LogP) is 3.02. The van der Waals surface area contributed by atoms with Crippen LogP contribution in [-0.4, -0.2) is 47.7 Å². The number of aromatic nitrogens is 2. The SMILES string of the molecule is c1cnc(N2CCCN(Cc3ccc([C@H]4CCCCO4)o3)CC2)nc1.